The zero-order valence-electron chi connectivity index (χ0n) is 15.7. The molecule has 1 aliphatic rings. The van der Waals surface area contributed by atoms with Crippen molar-refractivity contribution in [1.82, 2.24) is 10.0 Å². The fraction of sp³-hybridized carbons (Fsp3) is 0.250. The zero-order valence-corrected chi connectivity index (χ0v) is 16.5. The van der Waals surface area contributed by atoms with Gasteiger partial charge in [-0.2, -0.15) is 0 Å². The number of nitrogens with zero attached hydrogens (tertiary/aromatic N) is 1. The summed E-state index contributed by atoms with van der Waals surface area (Å²) in [4.78, 5) is 29.0. The lowest BCUT2D eigenvalue weighted by Gasteiger charge is -2.16. The van der Waals surface area contributed by atoms with E-state index in [1.165, 1.54) is 11.9 Å². The van der Waals surface area contributed by atoms with Gasteiger partial charge < -0.3 is 15.8 Å². The summed E-state index contributed by atoms with van der Waals surface area (Å²) >= 11 is 1.37. The first kappa shape index (κ1) is 20.5. The van der Waals surface area contributed by atoms with Gasteiger partial charge in [-0.3, -0.25) is 9.59 Å². The van der Waals surface area contributed by atoms with E-state index < -0.39 is 5.91 Å². The summed E-state index contributed by atoms with van der Waals surface area (Å²) < 4.78 is 2.96. The summed E-state index contributed by atoms with van der Waals surface area (Å²) in [5, 5.41) is 2.81. The van der Waals surface area contributed by atoms with Gasteiger partial charge >= 0.3 is 0 Å². The number of rotatable bonds is 5. The minimum absolute atomic E-state index is 0.268. The van der Waals surface area contributed by atoms with Crippen LogP contribution in [0.5, 0.6) is 0 Å². The van der Waals surface area contributed by atoms with E-state index in [-0.39, 0.29) is 11.7 Å². The normalized spacial score (nSPS) is 11.9. The van der Waals surface area contributed by atoms with Crippen molar-refractivity contribution in [3.8, 4) is 0 Å². The Morgan fingerprint density at radius 2 is 1.93 bits per heavy atom. The number of hydrogen-bond donors (Lipinski definition) is 3. The molecule has 0 bridgehead atoms. The van der Waals surface area contributed by atoms with Gasteiger partial charge in [0, 0.05) is 12.1 Å². The Kier molecular flexibility index (Phi) is 7.43. The number of hydrogen-bond acceptors (Lipinski definition) is 5. The number of benzene rings is 2. The third kappa shape index (κ3) is 5.34. The molecular weight excluding hydrogens is 360 g/mol. The minimum Gasteiger partial charge on any atom is -0.366 e. The number of amides is 2. The Morgan fingerprint density at radius 1 is 1.19 bits per heavy atom. The predicted octanol–water partition coefficient (Wildman–Crippen LogP) is 3.12. The van der Waals surface area contributed by atoms with Gasteiger partial charge in [0.25, 0.3) is 5.91 Å². The Bertz CT molecular complexity index is 865. The van der Waals surface area contributed by atoms with Crippen LogP contribution in [-0.4, -0.2) is 24.2 Å². The molecule has 0 saturated heterocycles. The van der Waals surface area contributed by atoms with E-state index in [0.29, 0.717) is 18.5 Å². The molecule has 0 aliphatic carbocycles. The van der Waals surface area contributed by atoms with E-state index in [2.05, 4.69) is 15.0 Å². The van der Waals surface area contributed by atoms with Crippen LogP contribution in [0.15, 0.2) is 52.4 Å². The number of nitrogens with two attached hydrogens (primary N) is 1. The Labute approximate surface area is 163 Å². The first-order chi connectivity index (χ1) is 13.0. The van der Waals surface area contributed by atoms with Gasteiger partial charge in [-0.1, -0.05) is 38.1 Å². The SMILES string of the molecule is CC.Cc1ccc2c(c1)SNC(C(=O)NCCc1ccccc1C(N)=O)=N2. The lowest BCUT2D eigenvalue weighted by atomic mass is 10.0. The summed E-state index contributed by atoms with van der Waals surface area (Å²) in [6, 6.07) is 13.0. The monoisotopic (exact) mass is 384 g/mol. The zero-order chi connectivity index (χ0) is 19.8. The van der Waals surface area contributed by atoms with Crippen molar-refractivity contribution < 1.29 is 9.59 Å². The fourth-order valence-electron chi connectivity index (χ4n) is 2.51. The molecule has 6 nitrogen and oxygen atoms in total. The van der Waals surface area contributed by atoms with Crippen LogP contribution in [0.25, 0.3) is 0 Å². The van der Waals surface area contributed by atoms with E-state index in [9.17, 15) is 9.59 Å². The molecule has 0 radical (unpaired) electrons. The first-order valence-corrected chi connectivity index (χ1v) is 9.64. The molecule has 1 heterocycles. The maximum atomic E-state index is 12.3. The second-order valence-corrected chi connectivity index (χ2v) is 6.51. The number of carbonyl (C=O) groups excluding carboxylic acids is 2. The topological polar surface area (TPSA) is 96.6 Å². The summed E-state index contributed by atoms with van der Waals surface area (Å²) in [7, 11) is 0. The molecular formula is C20H24N4O2S. The second-order valence-electron chi connectivity index (χ2n) is 5.66. The molecule has 7 heteroatoms. The maximum Gasteiger partial charge on any atom is 0.287 e. The van der Waals surface area contributed by atoms with E-state index >= 15 is 0 Å². The van der Waals surface area contributed by atoms with E-state index in [1.54, 1.807) is 12.1 Å². The average Bonchev–Trinajstić information content (AvgIpc) is 2.69. The molecule has 2 aromatic rings. The van der Waals surface area contributed by atoms with Gasteiger partial charge in [0.2, 0.25) is 11.7 Å². The number of primary amides is 1. The minimum atomic E-state index is -0.469. The third-order valence-electron chi connectivity index (χ3n) is 3.78. The number of amidine groups is 1. The molecule has 0 atom stereocenters. The molecule has 3 rings (SSSR count). The van der Waals surface area contributed by atoms with Crippen LogP contribution < -0.4 is 15.8 Å². The molecule has 0 unspecified atom stereocenters. The smallest absolute Gasteiger partial charge is 0.287 e. The number of carbonyl (C=O) groups is 2. The van der Waals surface area contributed by atoms with Crippen LogP contribution in [-0.2, 0) is 11.2 Å². The molecule has 0 saturated carbocycles. The van der Waals surface area contributed by atoms with Gasteiger partial charge in [0.15, 0.2) is 0 Å². The number of aryl methyl sites for hydroxylation is 1. The molecule has 142 valence electrons. The number of nitrogens with one attached hydrogen (secondary N) is 2. The largest absolute Gasteiger partial charge is 0.366 e. The van der Waals surface area contributed by atoms with Crippen LogP contribution in [0, 0.1) is 6.92 Å². The van der Waals surface area contributed by atoms with Gasteiger partial charge in [0.1, 0.15) is 0 Å². The Morgan fingerprint density at radius 3 is 2.67 bits per heavy atom. The Hall–Kier alpha value is -2.80. The second kappa shape index (κ2) is 9.78. The highest BCUT2D eigenvalue weighted by Crippen LogP contribution is 2.31. The van der Waals surface area contributed by atoms with E-state index in [4.69, 9.17) is 5.73 Å². The lowest BCUT2D eigenvalue weighted by Crippen LogP contribution is -2.39. The first-order valence-electron chi connectivity index (χ1n) is 8.82. The van der Waals surface area contributed by atoms with E-state index in [1.807, 2.05) is 51.1 Å². The molecule has 1 aliphatic heterocycles. The van der Waals surface area contributed by atoms with Crippen molar-refractivity contribution in [3.05, 3.63) is 59.2 Å². The predicted molar refractivity (Wildman–Crippen MR) is 110 cm³/mol. The van der Waals surface area contributed by atoms with Crippen molar-refractivity contribution in [1.29, 1.82) is 0 Å². The van der Waals surface area contributed by atoms with Crippen molar-refractivity contribution in [2.75, 3.05) is 6.54 Å². The van der Waals surface area contributed by atoms with Crippen molar-refractivity contribution in [2.45, 2.75) is 32.1 Å². The number of fused-ring (bicyclic) bond motifs is 1. The van der Waals surface area contributed by atoms with Crippen LogP contribution in [0.4, 0.5) is 5.69 Å². The molecule has 0 spiro atoms. The molecule has 4 N–H and O–H groups in total. The van der Waals surface area contributed by atoms with Crippen molar-refractivity contribution >= 4 is 35.3 Å². The lowest BCUT2D eigenvalue weighted by molar-refractivity contribution is -0.114. The van der Waals surface area contributed by atoms with Crippen molar-refractivity contribution in [3.63, 3.8) is 0 Å². The Balaban J connectivity index is 0.00000126. The van der Waals surface area contributed by atoms with Crippen LogP contribution in [0.2, 0.25) is 0 Å². The van der Waals surface area contributed by atoms with Gasteiger partial charge in [-0.25, -0.2) is 4.99 Å². The quantitative estimate of drug-likeness (QED) is 0.690. The van der Waals surface area contributed by atoms with E-state index in [0.717, 1.165) is 21.7 Å². The number of aliphatic imine (C=N–C) groups is 1. The summed E-state index contributed by atoms with van der Waals surface area (Å²) in [6.45, 7) is 6.39. The molecule has 0 fully saturated rings. The molecule has 0 aromatic heterocycles. The van der Waals surface area contributed by atoms with Gasteiger partial charge in [-0.05, 0) is 54.6 Å². The van der Waals surface area contributed by atoms with Gasteiger partial charge in [-0.15, -0.1) is 0 Å². The molecule has 2 amide bonds. The standard InChI is InChI=1S/C18H18N4O2S.C2H6/c1-11-6-7-14-15(10-11)25-22-17(21-14)18(24)20-9-8-12-4-2-3-5-13(12)16(19)23;1-2/h2-7,10H,8-9H2,1H3,(H2,19,23)(H,20,24)(H,21,22);1-2H3. The highest BCUT2D eigenvalue weighted by atomic mass is 32.2. The maximum absolute atomic E-state index is 12.3. The highest BCUT2D eigenvalue weighted by molar-refractivity contribution is 7.98. The average molecular weight is 385 g/mol. The summed E-state index contributed by atoms with van der Waals surface area (Å²) in [6.07, 6.45) is 0.515. The van der Waals surface area contributed by atoms with Crippen LogP contribution in [0.1, 0.15) is 35.3 Å². The summed E-state index contributed by atoms with van der Waals surface area (Å²) in [5.41, 5.74) is 8.57. The fourth-order valence-corrected chi connectivity index (χ4v) is 3.32. The highest BCUT2D eigenvalue weighted by Gasteiger charge is 2.18. The van der Waals surface area contributed by atoms with Crippen LogP contribution >= 0.6 is 11.9 Å². The summed E-state index contributed by atoms with van der Waals surface area (Å²) in [5.74, 6) is -0.483. The van der Waals surface area contributed by atoms with Crippen molar-refractivity contribution in [2.24, 2.45) is 10.7 Å². The van der Waals surface area contributed by atoms with Gasteiger partial charge in [0.05, 0.1) is 10.6 Å². The molecule has 27 heavy (non-hydrogen) atoms. The van der Waals surface area contributed by atoms with Crippen LogP contribution in [0.3, 0.4) is 0 Å². The third-order valence-corrected chi connectivity index (χ3v) is 4.63. The molecule has 2 aromatic carbocycles.